The maximum atomic E-state index is 5.21. The molecule has 1 aromatic carbocycles. The molecular formula is C15H17N3S. The predicted molar refractivity (Wildman–Crippen MR) is 83.4 cm³/mol. The molecule has 0 saturated heterocycles. The van der Waals surface area contributed by atoms with Gasteiger partial charge in [0.2, 0.25) is 0 Å². The Bertz CT molecular complexity index is 535. The lowest BCUT2D eigenvalue weighted by Crippen LogP contribution is -2.26. The first kappa shape index (κ1) is 13.5. The van der Waals surface area contributed by atoms with Crippen molar-refractivity contribution in [1.29, 1.82) is 0 Å². The molecule has 1 heterocycles. The highest BCUT2D eigenvalue weighted by Gasteiger charge is 2.00. The smallest absolute Gasteiger partial charge is 0.172 e. The lowest BCUT2D eigenvalue weighted by Gasteiger charge is -2.15. The van der Waals surface area contributed by atoms with Gasteiger partial charge >= 0.3 is 0 Å². The summed E-state index contributed by atoms with van der Waals surface area (Å²) < 4.78 is 0. The van der Waals surface area contributed by atoms with E-state index in [9.17, 15) is 0 Å². The number of thiocarbonyl (C=S) groups is 1. The average Bonchev–Trinajstić information content (AvgIpc) is 2.42. The topological polar surface area (TPSA) is 28.2 Å². The Morgan fingerprint density at radius 2 is 1.63 bits per heavy atom. The van der Waals surface area contributed by atoms with Gasteiger partial charge in [-0.2, -0.15) is 0 Å². The molecule has 0 atom stereocenters. The van der Waals surface area contributed by atoms with Crippen LogP contribution in [0.5, 0.6) is 0 Å². The highest BCUT2D eigenvalue weighted by Crippen LogP contribution is 2.13. The molecule has 19 heavy (non-hydrogen) atoms. The molecule has 0 aliphatic carbocycles. The second-order valence-corrected chi connectivity index (χ2v) is 4.94. The van der Waals surface area contributed by atoms with E-state index in [4.69, 9.17) is 12.2 Å². The van der Waals surface area contributed by atoms with Gasteiger partial charge in [-0.25, -0.2) is 0 Å². The Morgan fingerprint density at radius 1 is 1.05 bits per heavy atom. The maximum absolute atomic E-state index is 5.21. The predicted octanol–water partition coefficient (Wildman–Crippen LogP) is 2.93. The molecule has 1 aromatic heterocycles. The van der Waals surface area contributed by atoms with Crippen molar-refractivity contribution in [1.82, 2.24) is 9.88 Å². The molecule has 0 saturated carbocycles. The molecule has 2 rings (SSSR count). The maximum Gasteiger partial charge on any atom is 0.172 e. The zero-order chi connectivity index (χ0) is 13.7. The number of benzene rings is 1. The third-order valence-electron chi connectivity index (χ3n) is 2.77. The molecule has 0 bridgehead atoms. The van der Waals surface area contributed by atoms with Gasteiger partial charge in [-0.3, -0.25) is 4.98 Å². The van der Waals surface area contributed by atoms with Crippen molar-refractivity contribution in [3.8, 4) is 0 Å². The third-order valence-corrected chi connectivity index (χ3v) is 3.24. The van der Waals surface area contributed by atoms with Crippen molar-refractivity contribution in [2.45, 2.75) is 6.42 Å². The fraction of sp³-hybridized carbons (Fsp3) is 0.200. The largest absolute Gasteiger partial charge is 0.355 e. The van der Waals surface area contributed by atoms with E-state index in [2.05, 4.69) is 22.4 Å². The zero-order valence-corrected chi connectivity index (χ0v) is 11.9. The van der Waals surface area contributed by atoms with Gasteiger partial charge in [0, 0.05) is 32.2 Å². The minimum Gasteiger partial charge on any atom is -0.355 e. The van der Waals surface area contributed by atoms with E-state index in [0.717, 1.165) is 12.1 Å². The lowest BCUT2D eigenvalue weighted by atomic mass is 10.1. The number of aromatic nitrogens is 1. The number of hydrogen-bond acceptors (Lipinski definition) is 2. The summed E-state index contributed by atoms with van der Waals surface area (Å²) in [5.74, 6) is 0. The SMILES string of the molecule is CN(C)C(=S)Nc1ccc(Cc2ccncc2)cc1. The van der Waals surface area contributed by atoms with Crippen LogP contribution in [-0.4, -0.2) is 29.1 Å². The summed E-state index contributed by atoms with van der Waals surface area (Å²) in [5.41, 5.74) is 3.55. The first-order valence-electron chi connectivity index (χ1n) is 6.11. The minimum atomic E-state index is 0.710. The molecule has 3 nitrogen and oxygen atoms in total. The van der Waals surface area contributed by atoms with Crippen LogP contribution in [0.1, 0.15) is 11.1 Å². The van der Waals surface area contributed by atoms with Gasteiger partial charge in [-0.1, -0.05) is 12.1 Å². The molecule has 0 fully saturated rings. The average molecular weight is 271 g/mol. The van der Waals surface area contributed by atoms with Crippen LogP contribution in [0.2, 0.25) is 0 Å². The van der Waals surface area contributed by atoms with Crippen LogP contribution in [0.25, 0.3) is 0 Å². The molecule has 1 N–H and O–H groups in total. The highest BCUT2D eigenvalue weighted by molar-refractivity contribution is 7.80. The van der Waals surface area contributed by atoms with E-state index in [1.165, 1.54) is 11.1 Å². The first-order chi connectivity index (χ1) is 9.15. The molecule has 4 heteroatoms. The van der Waals surface area contributed by atoms with Gasteiger partial charge in [0.05, 0.1) is 0 Å². The highest BCUT2D eigenvalue weighted by atomic mass is 32.1. The van der Waals surface area contributed by atoms with Gasteiger partial charge in [0.15, 0.2) is 5.11 Å². The second kappa shape index (κ2) is 6.29. The van der Waals surface area contributed by atoms with Crippen molar-refractivity contribution in [2.24, 2.45) is 0 Å². The number of rotatable bonds is 3. The van der Waals surface area contributed by atoms with Crippen molar-refractivity contribution in [3.05, 3.63) is 59.9 Å². The van der Waals surface area contributed by atoms with Gasteiger partial charge in [-0.15, -0.1) is 0 Å². The fourth-order valence-electron chi connectivity index (χ4n) is 1.68. The second-order valence-electron chi connectivity index (χ2n) is 4.55. The van der Waals surface area contributed by atoms with Gasteiger partial charge in [-0.05, 0) is 54.0 Å². The third kappa shape index (κ3) is 4.03. The van der Waals surface area contributed by atoms with E-state index in [0.29, 0.717) is 5.11 Å². The fourth-order valence-corrected chi connectivity index (χ4v) is 1.80. The summed E-state index contributed by atoms with van der Waals surface area (Å²) in [5, 5.41) is 3.89. The zero-order valence-electron chi connectivity index (χ0n) is 11.1. The molecular weight excluding hydrogens is 254 g/mol. The van der Waals surface area contributed by atoms with Crippen molar-refractivity contribution < 1.29 is 0 Å². The molecule has 98 valence electrons. The molecule has 0 aliphatic heterocycles. The number of anilines is 1. The van der Waals surface area contributed by atoms with Crippen LogP contribution in [0.3, 0.4) is 0 Å². The van der Waals surface area contributed by atoms with Crippen molar-refractivity contribution in [2.75, 3.05) is 19.4 Å². The van der Waals surface area contributed by atoms with Crippen molar-refractivity contribution >= 4 is 23.0 Å². The summed E-state index contributed by atoms with van der Waals surface area (Å²) in [7, 11) is 3.85. The van der Waals surface area contributed by atoms with E-state index < -0.39 is 0 Å². The minimum absolute atomic E-state index is 0.710. The van der Waals surface area contributed by atoms with Crippen LogP contribution in [0.15, 0.2) is 48.8 Å². The quantitative estimate of drug-likeness (QED) is 0.869. The van der Waals surface area contributed by atoms with Crippen LogP contribution >= 0.6 is 12.2 Å². The molecule has 0 radical (unpaired) electrons. The van der Waals surface area contributed by atoms with Crippen molar-refractivity contribution in [3.63, 3.8) is 0 Å². The molecule has 2 aromatic rings. The summed E-state index contributed by atoms with van der Waals surface area (Å²) in [6.45, 7) is 0. The Morgan fingerprint density at radius 3 is 2.21 bits per heavy atom. The van der Waals surface area contributed by atoms with E-state index >= 15 is 0 Å². The number of hydrogen-bond donors (Lipinski definition) is 1. The van der Waals surface area contributed by atoms with Crippen LogP contribution in [-0.2, 0) is 6.42 Å². The normalized spacial score (nSPS) is 10.0. The summed E-state index contributed by atoms with van der Waals surface area (Å²) in [6.07, 6.45) is 4.56. The van der Waals surface area contributed by atoms with Crippen LogP contribution in [0, 0.1) is 0 Å². The summed E-state index contributed by atoms with van der Waals surface area (Å²) >= 11 is 5.21. The number of nitrogens with zero attached hydrogens (tertiary/aromatic N) is 2. The first-order valence-corrected chi connectivity index (χ1v) is 6.52. The molecule has 0 aliphatic rings. The van der Waals surface area contributed by atoms with Crippen LogP contribution < -0.4 is 5.32 Å². The molecule has 0 unspecified atom stereocenters. The number of pyridine rings is 1. The lowest BCUT2D eigenvalue weighted by molar-refractivity contribution is 0.634. The molecule has 0 spiro atoms. The van der Waals surface area contributed by atoms with E-state index in [1.54, 1.807) is 0 Å². The standard InChI is InChI=1S/C15H17N3S/c1-18(2)15(19)17-14-5-3-12(4-6-14)11-13-7-9-16-10-8-13/h3-10H,11H2,1-2H3,(H,17,19). The Balaban J connectivity index is 2.01. The Hall–Kier alpha value is -1.94. The number of nitrogens with one attached hydrogen (secondary N) is 1. The Kier molecular flexibility index (Phi) is 4.47. The van der Waals surface area contributed by atoms with Gasteiger partial charge in [0.1, 0.15) is 0 Å². The Labute approximate surface area is 119 Å². The van der Waals surface area contributed by atoms with E-state index in [-0.39, 0.29) is 0 Å². The monoisotopic (exact) mass is 271 g/mol. The summed E-state index contributed by atoms with van der Waals surface area (Å²) in [6, 6.07) is 12.4. The van der Waals surface area contributed by atoms with E-state index in [1.807, 2.05) is 55.7 Å². The van der Waals surface area contributed by atoms with Crippen LogP contribution in [0.4, 0.5) is 5.69 Å². The van der Waals surface area contributed by atoms with Gasteiger partial charge in [0.25, 0.3) is 0 Å². The van der Waals surface area contributed by atoms with Gasteiger partial charge < -0.3 is 10.2 Å². The molecule has 0 amide bonds. The summed E-state index contributed by atoms with van der Waals surface area (Å²) in [4.78, 5) is 5.90.